The van der Waals surface area contributed by atoms with Crippen molar-refractivity contribution in [2.45, 2.75) is 0 Å². The molecular weight excluding hydrogens is 404 g/mol. The van der Waals surface area contributed by atoms with Gasteiger partial charge in [0.1, 0.15) is 0 Å². The molecule has 1 aliphatic heterocycles. The van der Waals surface area contributed by atoms with E-state index in [1.54, 1.807) is 12.1 Å². The molecule has 0 radical (unpaired) electrons. The number of aromatic nitrogens is 3. The van der Waals surface area contributed by atoms with E-state index in [9.17, 15) is 14.4 Å². The maximum atomic E-state index is 12.7. The van der Waals surface area contributed by atoms with Crippen molar-refractivity contribution in [2.75, 3.05) is 0 Å². The highest BCUT2D eigenvalue weighted by Crippen LogP contribution is 2.27. The highest BCUT2D eigenvalue weighted by Gasteiger charge is 2.39. The monoisotopic (exact) mass is 416 g/mol. The topological polar surface area (TPSA) is 94.4 Å². The standard InChI is InChI=1S/C21H12N4O4S/c26-19-14-9-4-5-10-15(14)20(27)25(19)29-21(28)17-22-18(16-11-6-12-30-16)24(23-17)13-7-2-1-3-8-13/h1-12H. The van der Waals surface area contributed by atoms with Crippen LogP contribution in [0, 0.1) is 0 Å². The summed E-state index contributed by atoms with van der Waals surface area (Å²) in [6.07, 6.45) is 0. The van der Waals surface area contributed by atoms with Gasteiger partial charge in [0.15, 0.2) is 5.82 Å². The van der Waals surface area contributed by atoms with Crippen LogP contribution in [0.2, 0.25) is 0 Å². The van der Waals surface area contributed by atoms with Gasteiger partial charge in [-0.25, -0.2) is 9.48 Å². The maximum Gasteiger partial charge on any atom is 0.403 e. The lowest BCUT2D eigenvalue weighted by Crippen LogP contribution is -2.33. The first-order valence-corrected chi connectivity index (χ1v) is 9.78. The van der Waals surface area contributed by atoms with E-state index in [1.165, 1.54) is 28.2 Å². The summed E-state index contributed by atoms with van der Waals surface area (Å²) in [5, 5.41) is 6.60. The Balaban J connectivity index is 1.49. The van der Waals surface area contributed by atoms with Gasteiger partial charge >= 0.3 is 5.97 Å². The molecule has 3 heterocycles. The molecule has 0 N–H and O–H groups in total. The maximum absolute atomic E-state index is 12.7. The lowest BCUT2D eigenvalue weighted by molar-refractivity contribution is -0.0592. The highest BCUT2D eigenvalue weighted by atomic mass is 32.1. The first kappa shape index (κ1) is 18.0. The molecule has 0 fully saturated rings. The summed E-state index contributed by atoms with van der Waals surface area (Å²) in [6.45, 7) is 0. The van der Waals surface area contributed by atoms with Gasteiger partial charge in [-0.2, -0.15) is 4.98 Å². The first-order chi connectivity index (χ1) is 14.6. The summed E-state index contributed by atoms with van der Waals surface area (Å²) in [4.78, 5) is 47.8. The second-order valence-corrected chi connectivity index (χ2v) is 7.26. The molecule has 0 unspecified atom stereocenters. The molecule has 0 aliphatic carbocycles. The zero-order chi connectivity index (χ0) is 20.7. The van der Waals surface area contributed by atoms with Gasteiger partial charge in [-0.1, -0.05) is 41.5 Å². The molecule has 30 heavy (non-hydrogen) atoms. The van der Waals surface area contributed by atoms with Crippen molar-refractivity contribution in [3.63, 3.8) is 0 Å². The van der Waals surface area contributed by atoms with Gasteiger partial charge in [-0.05, 0) is 35.7 Å². The van der Waals surface area contributed by atoms with E-state index in [2.05, 4.69) is 10.1 Å². The number of para-hydroxylation sites is 1. The summed E-state index contributed by atoms with van der Waals surface area (Å²) in [6, 6.07) is 19.2. The number of hydroxylamine groups is 2. The van der Waals surface area contributed by atoms with Crippen LogP contribution in [0.3, 0.4) is 0 Å². The van der Waals surface area contributed by atoms with Crippen molar-refractivity contribution in [3.05, 3.63) is 89.1 Å². The molecule has 0 saturated heterocycles. The number of amides is 2. The van der Waals surface area contributed by atoms with E-state index in [0.717, 1.165) is 4.88 Å². The van der Waals surface area contributed by atoms with Crippen molar-refractivity contribution in [2.24, 2.45) is 0 Å². The Morgan fingerprint density at radius 1 is 0.867 bits per heavy atom. The van der Waals surface area contributed by atoms with Crippen LogP contribution in [0.4, 0.5) is 0 Å². The Morgan fingerprint density at radius 3 is 2.17 bits per heavy atom. The summed E-state index contributed by atoms with van der Waals surface area (Å²) >= 11 is 1.44. The number of carbonyl (C=O) groups excluding carboxylic acids is 3. The fourth-order valence-corrected chi connectivity index (χ4v) is 3.79. The van der Waals surface area contributed by atoms with Crippen LogP contribution < -0.4 is 0 Å². The molecule has 4 aromatic rings. The number of thiophene rings is 1. The summed E-state index contributed by atoms with van der Waals surface area (Å²) < 4.78 is 1.52. The molecule has 0 atom stereocenters. The van der Waals surface area contributed by atoms with Gasteiger partial charge in [0.25, 0.3) is 17.6 Å². The van der Waals surface area contributed by atoms with Crippen molar-refractivity contribution in [3.8, 4) is 16.4 Å². The molecule has 0 bridgehead atoms. The fraction of sp³-hybridized carbons (Fsp3) is 0. The molecule has 5 rings (SSSR count). The largest absolute Gasteiger partial charge is 0.403 e. The van der Waals surface area contributed by atoms with Crippen LogP contribution >= 0.6 is 11.3 Å². The molecule has 2 aromatic heterocycles. The molecule has 2 amide bonds. The van der Waals surface area contributed by atoms with Crippen molar-refractivity contribution >= 4 is 29.1 Å². The van der Waals surface area contributed by atoms with Gasteiger partial charge in [0.05, 0.1) is 21.7 Å². The van der Waals surface area contributed by atoms with E-state index in [0.29, 0.717) is 16.6 Å². The van der Waals surface area contributed by atoms with Crippen LogP contribution in [0.5, 0.6) is 0 Å². The number of imide groups is 1. The van der Waals surface area contributed by atoms with Crippen molar-refractivity contribution in [1.82, 2.24) is 19.8 Å². The lowest BCUT2D eigenvalue weighted by atomic mass is 10.1. The normalized spacial score (nSPS) is 12.9. The third kappa shape index (κ3) is 2.88. The van der Waals surface area contributed by atoms with Gasteiger partial charge in [-0.3, -0.25) is 9.59 Å². The third-order valence-electron chi connectivity index (χ3n) is 4.46. The molecule has 0 saturated carbocycles. The first-order valence-electron chi connectivity index (χ1n) is 8.90. The Morgan fingerprint density at radius 2 is 1.53 bits per heavy atom. The lowest BCUT2D eigenvalue weighted by Gasteiger charge is -2.10. The van der Waals surface area contributed by atoms with Crippen LogP contribution in [-0.2, 0) is 4.84 Å². The zero-order valence-corrected chi connectivity index (χ0v) is 16.1. The van der Waals surface area contributed by atoms with Gasteiger partial charge in [0.2, 0.25) is 0 Å². The second-order valence-electron chi connectivity index (χ2n) is 6.31. The van der Waals surface area contributed by atoms with E-state index in [1.807, 2.05) is 47.8 Å². The minimum atomic E-state index is -1.00. The number of hydrogen-bond donors (Lipinski definition) is 0. The Kier molecular flexibility index (Phi) is 4.22. The number of carbonyl (C=O) groups is 3. The second kappa shape index (κ2) is 7.05. The SMILES string of the molecule is O=C(ON1C(=O)c2ccccc2C1=O)c1nc(-c2cccs2)n(-c2ccccc2)n1. The van der Waals surface area contributed by atoms with E-state index >= 15 is 0 Å². The van der Waals surface area contributed by atoms with Crippen LogP contribution in [0.15, 0.2) is 72.1 Å². The summed E-state index contributed by atoms with van der Waals surface area (Å²) in [5.41, 5.74) is 1.06. The van der Waals surface area contributed by atoms with Crippen LogP contribution in [0.1, 0.15) is 31.3 Å². The predicted molar refractivity (Wildman–Crippen MR) is 107 cm³/mol. The smallest absolute Gasteiger partial charge is 0.321 e. The van der Waals surface area contributed by atoms with Crippen molar-refractivity contribution < 1.29 is 19.2 Å². The van der Waals surface area contributed by atoms with Crippen LogP contribution in [-0.4, -0.2) is 37.6 Å². The van der Waals surface area contributed by atoms with Crippen molar-refractivity contribution in [1.29, 1.82) is 0 Å². The van der Waals surface area contributed by atoms with E-state index in [4.69, 9.17) is 4.84 Å². The molecule has 0 spiro atoms. The Bertz CT molecular complexity index is 1250. The van der Waals surface area contributed by atoms with Gasteiger partial charge in [0, 0.05) is 0 Å². The molecule has 2 aromatic carbocycles. The number of fused-ring (bicyclic) bond motifs is 1. The fourth-order valence-electron chi connectivity index (χ4n) is 3.09. The van der Waals surface area contributed by atoms with Gasteiger partial charge in [-0.15, -0.1) is 16.4 Å². The number of rotatable bonds is 4. The zero-order valence-electron chi connectivity index (χ0n) is 15.3. The Labute approximate surface area is 173 Å². The highest BCUT2D eigenvalue weighted by molar-refractivity contribution is 7.13. The minimum absolute atomic E-state index is 0.178. The molecule has 1 aliphatic rings. The number of benzene rings is 2. The molecule has 8 nitrogen and oxygen atoms in total. The number of nitrogens with zero attached hydrogens (tertiary/aromatic N) is 4. The Hall–Kier alpha value is -4.11. The average molecular weight is 416 g/mol. The summed E-state index contributed by atoms with van der Waals surface area (Å²) in [7, 11) is 0. The minimum Gasteiger partial charge on any atom is -0.321 e. The van der Waals surface area contributed by atoms with E-state index < -0.39 is 17.8 Å². The van der Waals surface area contributed by atoms with Gasteiger partial charge < -0.3 is 4.84 Å². The molecular formula is C21H12N4O4S. The number of hydrogen-bond acceptors (Lipinski definition) is 7. The quantitative estimate of drug-likeness (QED) is 0.474. The van der Waals surface area contributed by atoms with E-state index in [-0.39, 0.29) is 17.0 Å². The average Bonchev–Trinajstić information content (AvgIpc) is 3.50. The third-order valence-corrected chi connectivity index (χ3v) is 5.33. The predicted octanol–water partition coefficient (Wildman–Crippen LogP) is 3.36. The molecule has 9 heteroatoms. The van der Waals surface area contributed by atoms with Crippen LogP contribution in [0.25, 0.3) is 16.4 Å². The summed E-state index contributed by atoms with van der Waals surface area (Å²) in [5.74, 6) is -2.23. The molecule has 146 valence electrons.